The number of hydrogen-bond acceptors (Lipinski definition) is 3. The van der Waals surface area contributed by atoms with Crippen molar-refractivity contribution in [2.45, 2.75) is 45.1 Å². The van der Waals surface area contributed by atoms with Crippen LogP contribution in [0, 0.1) is 0 Å². The molecule has 0 unspecified atom stereocenters. The van der Waals surface area contributed by atoms with E-state index in [9.17, 15) is 0 Å². The number of guanidine groups is 1. The summed E-state index contributed by atoms with van der Waals surface area (Å²) in [5.41, 5.74) is 2.77. The Bertz CT molecular complexity index is 521. The molecule has 146 valence electrons. The average molecular weight is 361 g/mol. The van der Waals surface area contributed by atoms with E-state index < -0.39 is 0 Å². The van der Waals surface area contributed by atoms with Crippen molar-refractivity contribution in [3.05, 3.63) is 35.4 Å². The highest BCUT2D eigenvalue weighted by Gasteiger charge is 2.19. The van der Waals surface area contributed by atoms with Crippen molar-refractivity contribution in [1.82, 2.24) is 15.5 Å². The summed E-state index contributed by atoms with van der Waals surface area (Å²) in [6.45, 7) is 7.40. The van der Waals surface area contributed by atoms with Crippen LogP contribution in [0.5, 0.6) is 0 Å². The SMILES string of the molecule is CCc1ccc(CCNC(=NC)NC2CCN(CCCOC)CC2)cc1. The average Bonchev–Trinajstić information content (AvgIpc) is 2.69. The van der Waals surface area contributed by atoms with Crippen molar-refractivity contribution >= 4 is 5.96 Å². The molecule has 2 rings (SSSR count). The Morgan fingerprint density at radius 1 is 1.19 bits per heavy atom. The van der Waals surface area contributed by atoms with Gasteiger partial charge in [-0.3, -0.25) is 4.99 Å². The molecule has 1 aliphatic rings. The summed E-state index contributed by atoms with van der Waals surface area (Å²) in [7, 11) is 3.63. The molecule has 0 radical (unpaired) electrons. The molecule has 2 N–H and O–H groups in total. The zero-order valence-corrected chi connectivity index (χ0v) is 16.8. The van der Waals surface area contributed by atoms with Crippen molar-refractivity contribution in [2.75, 3.05) is 46.9 Å². The van der Waals surface area contributed by atoms with Crippen molar-refractivity contribution < 1.29 is 4.74 Å². The lowest BCUT2D eigenvalue weighted by molar-refractivity contribution is 0.155. The topological polar surface area (TPSA) is 48.9 Å². The van der Waals surface area contributed by atoms with Crippen molar-refractivity contribution in [3.8, 4) is 0 Å². The summed E-state index contributed by atoms with van der Waals surface area (Å²) in [5.74, 6) is 0.924. The lowest BCUT2D eigenvalue weighted by Gasteiger charge is -2.33. The molecule has 5 heteroatoms. The number of piperidine rings is 1. The number of rotatable bonds is 9. The summed E-state index contributed by atoms with van der Waals surface area (Å²) in [6.07, 6.45) is 5.58. The van der Waals surface area contributed by atoms with Crippen LogP contribution >= 0.6 is 0 Å². The molecule has 1 aliphatic heterocycles. The fourth-order valence-electron chi connectivity index (χ4n) is 3.39. The Labute approximate surface area is 159 Å². The lowest BCUT2D eigenvalue weighted by Crippen LogP contribution is -2.49. The number of benzene rings is 1. The summed E-state index contributed by atoms with van der Waals surface area (Å²) < 4.78 is 5.14. The standard InChI is InChI=1S/C21H36N4O/c1-4-18-6-8-19(9-7-18)10-13-23-21(22-2)24-20-11-15-25(16-12-20)14-5-17-26-3/h6-9,20H,4-5,10-17H2,1-3H3,(H2,22,23,24). The fraction of sp³-hybridized carbons (Fsp3) is 0.667. The van der Waals surface area contributed by atoms with Gasteiger partial charge in [-0.05, 0) is 43.2 Å². The van der Waals surface area contributed by atoms with Crippen LogP contribution < -0.4 is 10.6 Å². The molecule has 1 aromatic carbocycles. The van der Waals surface area contributed by atoms with Gasteiger partial charge in [-0.15, -0.1) is 0 Å². The molecule has 26 heavy (non-hydrogen) atoms. The third-order valence-electron chi connectivity index (χ3n) is 5.11. The van der Waals surface area contributed by atoms with Crippen LogP contribution in [-0.2, 0) is 17.6 Å². The van der Waals surface area contributed by atoms with E-state index in [2.05, 4.69) is 51.7 Å². The Morgan fingerprint density at radius 3 is 2.50 bits per heavy atom. The third-order valence-corrected chi connectivity index (χ3v) is 5.11. The highest BCUT2D eigenvalue weighted by atomic mass is 16.5. The summed E-state index contributed by atoms with van der Waals surface area (Å²) in [5, 5.41) is 7.04. The lowest BCUT2D eigenvalue weighted by atomic mass is 10.1. The first-order valence-electron chi connectivity index (χ1n) is 10.0. The Kier molecular flexibility index (Phi) is 9.50. The second kappa shape index (κ2) is 11.9. The number of methoxy groups -OCH3 is 1. The zero-order valence-electron chi connectivity index (χ0n) is 16.8. The number of likely N-dealkylation sites (tertiary alicyclic amines) is 1. The first-order chi connectivity index (χ1) is 12.7. The van der Waals surface area contributed by atoms with Gasteiger partial charge in [0.1, 0.15) is 0 Å². The Morgan fingerprint density at radius 2 is 1.88 bits per heavy atom. The van der Waals surface area contributed by atoms with Gasteiger partial charge in [0.15, 0.2) is 5.96 Å². The molecule has 0 spiro atoms. The molecule has 5 nitrogen and oxygen atoms in total. The minimum absolute atomic E-state index is 0.517. The van der Waals surface area contributed by atoms with E-state index in [1.807, 2.05) is 7.05 Å². The van der Waals surface area contributed by atoms with Crippen LogP contribution in [0.25, 0.3) is 0 Å². The molecule has 0 amide bonds. The molecule has 1 fully saturated rings. The molecule has 0 atom stereocenters. The number of hydrogen-bond donors (Lipinski definition) is 2. The number of aryl methyl sites for hydroxylation is 1. The van der Waals surface area contributed by atoms with Crippen LogP contribution in [0.1, 0.15) is 37.3 Å². The predicted molar refractivity (Wildman–Crippen MR) is 110 cm³/mol. The second-order valence-corrected chi connectivity index (χ2v) is 7.03. The van der Waals surface area contributed by atoms with Gasteiger partial charge >= 0.3 is 0 Å². The fourth-order valence-corrected chi connectivity index (χ4v) is 3.39. The number of nitrogens with zero attached hydrogens (tertiary/aromatic N) is 2. The number of nitrogens with one attached hydrogen (secondary N) is 2. The van der Waals surface area contributed by atoms with Gasteiger partial charge in [-0.1, -0.05) is 31.2 Å². The molecular formula is C21H36N4O. The largest absolute Gasteiger partial charge is 0.385 e. The monoisotopic (exact) mass is 360 g/mol. The van der Waals surface area contributed by atoms with Gasteiger partial charge in [0.2, 0.25) is 0 Å². The molecule has 0 bridgehead atoms. The minimum atomic E-state index is 0.517. The molecule has 1 aromatic rings. The molecule has 1 heterocycles. The van der Waals surface area contributed by atoms with Gasteiger partial charge < -0.3 is 20.3 Å². The van der Waals surface area contributed by atoms with Gasteiger partial charge in [0, 0.05) is 53.0 Å². The van der Waals surface area contributed by atoms with Gasteiger partial charge in [0.05, 0.1) is 0 Å². The first-order valence-corrected chi connectivity index (χ1v) is 10.0. The van der Waals surface area contributed by atoms with Gasteiger partial charge in [-0.2, -0.15) is 0 Å². The van der Waals surface area contributed by atoms with Gasteiger partial charge in [-0.25, -0.2) is 0 Å². The highest BCUT2D eigenvalue weighted by Crippen LogP contribution is 2.10. The second-order valence-electron chi connectivity index (χ2n) is 7.03. The normalized spacial score (nSPS) is 16.7. The maximum absolute atomic E-state index is 5.14. The summed E-state index contributed by atoms with van der Waals surface area (Å²) in [4.78, 5) is 6.92. The number of ether oxygens (including phenoxy) is 1. The highest BCUT2D eigenvalue weighted by molar-refractivity contribution is 5.79. The van der Waals surface area contributed by atoms with Crippen LogP contribution in [0.3, 0.4) is 0 Å². The van der Waals surface area contributed by atoms with Crippen molar-refractivity contribution in [1.29, 1.82) is 0 Å². The molecule has 0 aromatic heterocycles. The maximum Gasteiger partial charge on any atom is 0.191 e. The van der Waals surface area contributed by atoms with Crippen molar-refractivity contribution in [2.24, 2.45) is 4.99 Å². The van der Waals surface area contributed by atoms with Crippen LogP contribution in [0.15, 0.2) is 29.3 Å². The van der Waals surface area contributed by atoms with E-state index in [1.54, 1.807) is 7.11 Å². The van der Waals surface area contributed by atoms with Crippen molar-refractivity contribution in [3.63, 3.8) is 0 Å². The summed E-state index contributed by atoms with van der Waals surface area (Å²) in [6, 6.07) is 9.43. The smallest absolute Gasteiger partial charge is 0.191 e. The van der Waals surface area contributed by atoms with Crippen LogP contribution in [0.2, 0.25) is 0 Å². The third kappa shape index (κ3) is 7.34. The van der Waals surface area contributed by atoms with E-state index in [1.165, 1.54) is 24.0 Å². The molecule has 1 saturated heterocycles. The van der Waals surface area contributed by atoms with Crippen LogP contribution in [-0.4, -0.2) is 63.8 Å². The summed E-state index contributed by atoms with van der Waals surface area (Å²) >= 11 is 0. The maximum atomic E-state index is 5.14. The Hall–Kier alpha value is -1.59. The molecular weight excluding hydrogens is 324 g/mol. The zero-order chi connectivity index (χ0) is 18.6. The van der Waals surface area contributed by atoms with E-state index in [0.29, 0.717) is 6.04 Å². The van der Waals surface area contributed by atoms with Gasteiger partial charge in [0.25, 0.3) is 0 Å². The van der Waals surface area contributed by atoms with Crippen LogP contribution in [0.4, 0.5) is 0 Å². The van der Waals surface area contributed by atoms with E-state index in [4.69, 9.17) is 4.74 Å². The first kappa shape index (κ1) is 20.7. The Balaban J connectivity index is 1.64. The molecule has 0 saturated carbocycles. The van der Waals surface area contributed by atoms with E-state index in [-0.39, 0.29) is 0 Å². The molecule has 0 aliphatic carbocycles. The van der Waals surface area contributed by atoms with E-state index >= 15 is 0 Å². The minimum Gasteiger partial charge on any atom is -0.385 e. The quantitative estimate of drug-likeness (QED) is 0.403. The van der Waals surface area contributed by atoms with E-state index in [0.717, 1.165) is 58.0 Å². The predicted octanol–water partition coefficient (Wildman–Crippen LogP) is 2.46. The number of aliphatic imine (C=N–C) groups is 1.